The summed E-state index contributed by atoms with van der Waals surface area (Å²) >= 11 is 2.26. The van der Waals surface area contributed by atoms with Gasteiger partial charge in [0.1, 0.15) is 0 Å². The molecule has 0 radical (unpaired) electrons. The second-order valence-corrected chi connectivity index (χ2v) is 11.5. The number of hydrogen-bond acceptors (Lipinski definition) is 1. The van der Waals surface area contributed by atoms with E-state index in [0.29, 0.717) is 0 Å². The van der Waals surface area contributed by atoms with Crippen LogP contribution in [0.4, 0.5) is 0 Å². The summed E-state index contributed by atoms with van der Waals surface area (Å²) in [6.45, 7) is 11.4. The molecule has 1 atom stereocenters. The van der Waals surface area contributed by atoms with Crippen LogP contribution >= 0.6 is 22.6 Å². The average molecular weight is 374 g/mol. The fraction of sp³-hybridized carbons (Fsp3) is 0.467. The maximum absolute atomic E-state index is 6.48. The van der Waals surface area contributed by atoms with Crippen LogP contribution < -0.4 is 0 Å². The Labute approximate surface area is 126 Å². The van der Waals surface area contributed by atoms with Gasteiger partial charge in [0.15, 0.2) is 8.32 Å². The molecule has 3 heteroatoms. The molecule has 0 amide bonds. The van der Waals surface area contributed by atoms with Crippen molar-refractivity contribution in [3.05, 3.63) is 46.1 Å². The molecular weight excluding hydrogens is 351 g/mol. The Morgan fingerprint density at radius 2 is 1.72 bits per heavy atom. The zero-order chi connectivity index (χ0) is 13.8. The average Bonchev–Trinajstić information content (AvgIpc) is 2.28. The van der Waals surface area contributed by atoms with Crippen LogP contribution in [0.25, 0.3) is 0 Å². The molecule has 1 aromatic carbocycles. The van der Waals surface area contributed by atoms with Crippen LogP contribution in [0.5, 0.6) is 0 Å². The maximum Gasteiger partial charge on any atom is 0.193 e. The molecule has 0 fully saturated rings. The van der Waals surface area contributed by atoms with Crippen LogP contribution in [0.2, 0.25) is 18.1 Å². The highest BCUT2D eigenvalue weighted by Crippen LogP contribution is 2.40. The Bertz CT molecular complexity index is 393. The van der Waals surface area contributed by atoms with Gasteiger partial charge < -0.3 is 4.43 Å². The Morgan fingerprint density at radius 1 is 1.17 bits per heavy atom. The third-order valence-corrected chi connectivity index (χ3v) is 8.47. The quantitative estimate of drug-likeness (QED) is 0.485. The fourth-order valence-electron chi connectivity index (χ4n) is 1.42. The Morgan fingerprint density at radius 3 is 2.17 bits per heavy atom. The van der Waals surface area contributed by atoms with Gasteiger partial charge in [0.25, 0.3) is 0 Å². The molecule has 0 heterocycles. The van der Waals surface area contributed by atoms with Gasteiger partial charge in [-0.25, -0.2) is 0 Å². The van der Waals surface area contributed by atoms with Crippen LogP contribution in [0.3, 0.4) is 0 Å². The van der Waals surface area contributed by atoms with Crippen molar-refractivity contribution in [3.8, 4) is 0 Å². The number of hydrogen-bond donors (Lipinski definition) is 0. The molecule has 0 aliphatic heterocycles. The van der Waals surface area contributed by atoms with Gasteiger partial charge in [-0.15, -0.1) is 0 Å². The minimum absolute atomic E-state index is 0.0731. The zero-order valence-corrected chi connectivity index (χ0v) is 15.1. The molecule has 0 aliphatic carbocycles. The van der Waals surface area contributed by atoms with Crippen LogP contribution in [0.15, 0.2) is 40.5 Å². The summed E-state index contributed by atoms with van der Waals surface area (Å²) in [7, 11) is -1.74. The molecule has 1 rings (SSSR count). The van der Waals surface area contributed by atoms with Crippen molar-refractivity contribution in [1.82, 2.24) is 0 Å². The molecular formula is C15H23IOSi. The summed E-state index contributed by atoms with van der Waals surface area (Å²) < 4.78 is 8.52. The van der Waals surface area contributed by atoms with Crippen LogP contribution in [-0.2, 0) is 4.43 Å². The molecule has 1 aromatic rings. The van der Waals surface area contributed by atoms with Crippen LogP contribution in [-0.4, -0.2) is 8.32 Å². The van der Waals surface area contributed by atoms with Crippen molar-refractivity contribution in [2.45, 2.75) is 45.0 Å². The van der Waals surface area contributed by atoms with Gasteiger partial charge in [0, 0.05) is 0 Å². The molecule has 0 saturated heterocycles. The highest BCUT2D eigenvalue weighted by atomic mass is 127. The Hall–Kier alpha value is -0.133. The van der Waals surface area contributed by atoms with E-state index in [4.69, 9.17) is 4.43 Å². The molecule has 1 unspecified atom stereocenters. The Kier molecular flexibility index (Phi) is 5.61. The highest BCUT2D eigenvalue weighted by molar-refractivity contribution is 14.1. The minimum atomic E-state index is -1.74. The van der Waals surface area contributed by atoms with Crippen molar-refractivity contribution >= 4 is 30.9 Å². The van der Waals surface area contributed by atoms with E-state index in [0.717, 1.165) is 0 Å². The first-order chi connectivity index (χ1) is 8.28. The first-order valence-corrected chi connectivity index (χ1v) is 10.4. The molecule has 0 spiro atoms. The lowest BCUT2D eigenvalue weighted by molar-refractivity contribution is 0.230. The van der Waals surface area contributed by atoms with Crippen LogP contribution in [0.1, 0.15) is 32.4 Å². The first kappa shape index (κ1) is 15.9. The molecule has 18 heavy (non-hydrogen) atoms. The lowest BCUT2D eigenvalue weighted by atomic mass is 10.1. The summed E-state index contributed by atoms with van der Waals surface area (Å²) in [4.78, 5) is 0. The molecule has 0 bridgehead atoms. The van der Waals surface area contributed by atoms with Gasteiger partial charge in [-0.1, -0.05) is 73.7 Å². The fourth-order valence-corrected chi connectivity index (χ4v) is 3.00. The molecule has 0 saturated carbocycles. The second kappa shape index (κ2) is 6.35. The lowest BCUT2D eigenvalue weighted by Crippen LogP contribution is -2.41. The van der Waals surface area contributed by atoms with Gasteiger partial charge in [-0.3, -0.25) is 0 Å². The van der Waals surface area contributed by atoms with E-state index in [-0.39, 0.29) is 11.1 Å². The highest BCUT2D eigenvalue weighted by Gasteiger charge is 2.38. The van der Waals surface area contributed by atoms with E-state index >= 15 is 0 Å². The van der Waals surface area contributed by atoms with Crippen molar-refractivity contribution < 1.29 is 4.43 Å². The van der Waals surface area contributed by atoms with Gasteiger partial charge in [-0.2, -0.15) is 0 Å². The van der Waals surface area contributed by atoms with Gasteiger partial charge in [0.2, 0.25) is 0 Å². The largest absolute Gasteiger partial charge is 0.406 e. The molecule has 0 aromatic heterocycles. The third-order valence-electron chi connectivity index (χ3n) is 3.60. The normalized spacial score (nSPS) is 15.0. The minimum Gasteiger partial charge on any atom is -0.406 e. The van der Waals surface area contributed by atoms with Gasteiger partial charge >= 0.3 is 0 Å². The first-order valence-electron chi connectivity index (χ1n) is 6.27. The van der Waals surface area contributed by atoms with E-state index in [1.165, 1.54) is 5.56 Å². The van der Waals surface area contributed by atoms with Crippen molar-refractivity contribution in [3.63, 3.8) is 0 Å². The smallest absolute Gasteiger partial charge is 0.193 e. The van der Waals surface area contributed by atoms with Crippen molar-refractivity contribution in [2.75, 3.05) is 0 Å². The third kappa shape index (κ3) is 4.21. The monoisotopic (exact) mass is 374 g/mol. The summed E-state index contributed by atoms with van der Waals surface area (Å²) in [5.41, 5.74) is 1.23. The molecule has 0 N–H and O–H groups in total. The predicted octanol–water partition coefficient (Wildman–Crippen LogP) is 5.70. The second-order valence-electron chi connectivity index (χ2n) is 6.03. The van der Waals surface area contributed by atoms with Crippen molar-refractivity contribution in [1.29, 1.82) is 0 Å². The summed E-state index contributed by atoms with van der Waals surface area (Å²) in [5, 5.41) is 0.235. The van der Waals surface area contributed by atoms with E-state index < -0.39 is 8.32 Å². The van der Waals surface area contributed by atoms with E-state index in [1.807, 2.05) is 10.1 Å². The molecule has 100 valence electrons. The van der Waals surface area contributed by atoms with Gasteiger partial charge in [0.05, 0.1) is 6.10 Å². The van der Waals surface area contributed by atoms with Crippen molar-refractivity contribution in [2.24, 2.45) is 0 Å². The lowest BCUT2D eigenvalue weighted by Gasteiger charge is -2.38. The summed E-state index contributed by atoms with van der Waals surface area (Å²) in [5.74, 6) is 0. The van der Waals surface area contributed by atoms with Gasteiger partial charge in [-0.05, 0) is 33.9 Å². The predicted molar refractivity (Wildman–Crippen MR) is 90.6 cm³/mol. The number of halogens is 1. The molecule has 1 nitrogen and oxygen atoms in total. The standard InChI is InChI=1S/C15H23IOSi/c1-15(2,3)18(4,5)17-14(11-12-16)13-9-7-6-8-10-13/h6-12,14H,1-5H3. The van der Waals surface area contributed by atoms with E-state index in [9.17, 15) is 0 Å². The van der Waals surface area contributed by atoms with E-state index in [1.54, 1.807) is 0 Å². The summed E-state index contributed by atoms with van der Waals surface area (Å²) in [6, 6.07) is 10.4. The van der Waals surface area contributed by atoms with Crippen LogP contribution in [0, 0.1) is 0 Å². The maximum atomic E-state index is 6.48. The SMILES string of the molecule is CC(C)(C)[Si](C)(C)OC(C=CI)c1ccccc1. The number of rotatable bonds is 4. The zero-order valence-electron chi connectivity index (χ0n) is 11.9. The Balaban J connectivity index is 2.96. The topological polar surface area (TPSA) is 9.23 Å². The van der Waals surface area contributed by atoms with E-state index in [2.05, 4.69) is 86.8 Å². The number of benzene rings is 1. The summed E-state index contributed by atoms with van der Waals surface area (Å²) in [6.07, 6.45) is 2.21. The molecule has 0 aliphatic rings.